The summed E-state index contributed by atoms with van der Waals surface area (Å²) in [7, 11) is 0. The smallest absolute Gasteiger partial charge is 0.323 e. The number of anilines is 2. The Bertz CT molecular complexity index is 599. The van der Waals surface area contributed by atoms with Crippen LogP contribution in [0, 0.1) is 0 Å². The minimum absolute atomic E-state index is 0.0226. The van der Waals surface area contributed by atoms with Gasteiger partial charge in [-0.05, 0) is 24.3 Å². The lowest BCUT2D eigenvalue weighted by Crippen LogP contribution is -2.37. The molecule has 0 saturated carbocycles. The van der Waals surface area contributed by atoms with Gasteiger partial charge in [0.25, 0.3) is 0 Å². The van der Waals surface area contributed by atoms with Crippen LogP contribution in [0.1, 0.15) is 0 Å². The molecular formula is C16H16N2O3. The number of hydrogen-bond donors (Lipinski definition) is 2. The van der Waals surface area contributed by atoms with Crippen LogP contribution in [-0.4, -0.2) is 30.1 Å². The van der Waals surface area contributed by atoms with Crippen molar-refractivity contribution in [2.24, 2.45) is 0 Å². The first-order valence-corrected chi connectivity index (χ1v) is 6.52. The van der Waals surface area contributed by atoms with E-state index in [4.69, 9.17) is 5.11 Å². The van der Waals surface area contributed by atoms with E-state index in [9.17, 15) is 9.59 Å². The molecule has 108 valence electrons. The molecule has 0 bridgehead atoms. The fourth-order valence-corrected chi connectivity index (χ4v) is 1.94. The third-order valence-electron chi connectivity index (χ3n) is 2.84. The summed E-state index contributed by atoms with van der Waals surface area (Å²) in [5.41, 5.74) is 1.38. The highest BCUT2D eigenvalue weighted by Crippen LogP contribution is 2.13. The number of hydrogen-bond acceptors (Lipinski definition) is 3. The number of carbonyl (C=O) groups excluding carboxylic acids is 1. The van der Waals surface area contributed by atoms with Crippen molar-refractivity contribution >= 4 is 23.3 Å². The molecule has 0 fully saturated rings. The molecule has 0 aliphatic carbocycles. The monoisotopic (exact) mass is 284 g/mol. The van der Waals surface area contributed by atoms with Gasteiger partial charge in [0.15, 0.2) is 0 Å². The normalized spacial score (nSPS) is 9.90. The number of para-hydroxylation sites is 2. The van der Waals surface area contributed by atoms with Gasteiger partial charge >= 0.3 is 5.97 Å². The van der Waals surface area contributed by atoms with Gasteiger partial charge in [-0.1, -0.05) is 36.4 Å². The maximum atomic E-state index is 12.0. The van der Waals surface area contributed by atoms with Crippen LogP contribution in [-0.2, 0) is 9.59 Å². The first-order chi connectivity index (χ1) is 10.1. The first-order valence-electron chi connectivity index (χ1n) is 6.52. The summed E-state index contributed by atoms with van der Waals surface area (Å²) in [6.45, 7) is -0.253. The van der Waals surface area contributed by atoms with E-state index < -0.39 is 5.97 Å². The van der Waals surface area contributed by atoms with Crippen molar-refractivity contribution in [3.63, 3.8) is 0 Å². The lowest BCUT2D eigenvalue weighted by molar-refractivity contribution is -0.135. The largest absolute Gasteiger partial charge is 0.480 e. The lowest BCUT2D eigenvalue weighted by Gasteiger charge is -2.22. The van der Waals surface area contributed by atoms with Crippen molar-refractivity contribution in [1.82, 2.24) is 0 Å². The molecule has 0 heterocycles. The quantitative estimate of drug-likeness (QED) is 0.853. The van der Waals surface area contributed by atoms with E-state index in [2.05, 4.69) is 5.32 Å². The Hall–Kier alpha value is -2.82. The fourth-order valence-electron chi connectivity index (χ4n) is 1.94. The van der Waals surface area contributed by atoms with E-state index in [0.717, 1.165) is 0 Å². The van der Waals surface area contributed by atoms with Gasteiger partial charge < -0.3 is 15.3 Å². The van der Waals surface area contributed by atoms with Gasteiger partial charge in [0, 0.05) is 11.4 Å². The number of carbonyl (C=O) groups is 2. The molecule has 0 unspecified atom stereocenters. The molecule has 0 atom stereocenters. The first kappa shape index (κ1) is 14.6. The second kappa shape index (κ2) is 7.09. The van der Waals surface area contributed by atoms with Crippen LogP contribution in [0.25, 0.3) is 0 Å². The molecule has 2 aromatic rings. The van der Waals surface area contributed by atoms with Gasteiger partial charge in [0.05, 0.1) is 6.54 Å². The highest BCUT2D eigenvalue weighted by molar-refractivity contribution is 5.94. The molecule has 5 nitrogen and oxygen atoms in total. The molecule has 0 saturated heterocycles. The van der Waals surface area contributed by atoms with Crippen LogP contribution in [0.15, 0.2) is 60.7 Å². The van der Waals surface area contributed by atoms with Gasteiger partial charge in [0.2, 0.25) is 5.91 Å². The van der Waals surface area contributed by atoms with E-state index in [0.29, 0.717) is 11.4 Å². The van der Waals surface area contributed by atoms with Crippen LogP contribution in [0.3, 0.4) is 0 Å². The number of rotatable bonds is 6. The molecule has 0 radical (unpaired) electrons. The molecule has 2 aromatic carbocycles. The van der Waals surface area contributed by atoms with Crippen LogP contribution < -0.4 is 10.2 Å². The summed E-state index contributed by atoms with van der Waals surface area (Å²) in [4.78, 5) is 24.5. The molecule has 1 amide bonds. The Kier molecular flexibility index (Phi) is 4.93. The van der Waals surface area contributed by atoms with Gasteiger partial charge in [0.1, 0.15) is 6.54 Å². The zero-order valence-electron chi connectivity index (χ0n) is 11.4. The predicted octanol–water partition coefficient (Wildman–Crippen LogP) is 2.22. The zero-order valence-corrected chi connectivity index (χ0v) is 11.4. The minimum atomic E-state index is -0.980. The van der Waals surface area contributed by atoms with Gasteiger partial charge in [-0.3, -0.25) is 9.59 Å². The average molecular weight is 284 g/mol. The average Bonchev–Trinajstić information content (AvgIpc) is 2.48. The third kappa shape index (κ3) is 4.65. The Morgan fingerprint density at radius 1 is 0.905 bits per heavy atom. The van der Waals surface area contributed by atoms with Crippen LogP contribution in [0.2, 0.25) is 0 Å². The minimum Gasteiger partial charge on any atom is -0.480 e. The maximum absolute atomic E-state index is 12.0. The Balaban J connectivity index is 2.05. The standard InChI is InChI=1S/C16H16N2O3/c19-15(17-13-7-3-1-4-8-13)11-18(12-16(20)21)14-9-5-2-6-10-14/h1-10H,11-12H2,(H,17,19)(H,20,21). The van der Waals surface area contributed by atoms with E-state index in [1.165, 1.54) is 4.90 Å². The molecule has 5 heteroatoms. The van der Waals surface area contributed by atoms with Crippen LogP contribution >= 0.6 is 0 Å². The zero-order chi connectivity index (χ0) is 15.1. The highest BCUT2D eigenvalue weighted by Gasteiger charge is 2.14. The fraction of sp³-hybridized carbons (Fsp3) is 0.125. The summed E-state index contributed by atoms with van der Waals surface area (Å²) >= 11 is 0. The number of carboxylic acids is 1. The van der Waals surface area contributed by atoms with E-state index in [1.807, 2.05) is 24.3 Å². The number of aliphatic carboxylic acids is 1. The van der Waals surface area contributed by atoms with Crippen molar-refractivity contribution in [2.45, 2.75) is 0 Å². The molecule has 21 heavy (non-hydrogen) atoms. The van der Waals surface area contributed by atoms with Crippen molar-refractivity contribution in [3.8, 4) is 0 Å². The van der Waals surface area contributed by atoms with E-state index in [1.54, 1.807) is 36.4 Å². The summed E-state index contributed by atoms with van der Waals surface area (Å²) in [6.07, 6.45) is 0. The second-order valence-corrected chi connectivity index (χ2v) is 4.50. The summed E-state index contributed by atoms with van der Waals surface area (Å²) in [5.74, 6) is -1.24. The van der Waals surface area contributed by atoms with Gasteiger partial charge in [-0.25, -0.2) is 0 Å². The Labute approximate surface area is 122 Å². The number of carboxylic acid groups (broad SMARTS) is 1. The molecule has 0 aliphatic rings. The van der Waals surface area contributed by atoms with Gasteiger partial charge in [-0.2, -0.15) is 0 Å². The number of nitrogens with zero attached hydrogens (tertiary/aromatic N) is 1. The van der Waals surface area contributed by atoms with Crippen molar-refractivity contribution in [3.05, 3.63) is 60.7 Å². The van der Waals surface area contributed by atoms with Crippen molar-refractivity contribution < 1.29 is 14.7 Å². The summed E-state index contributed by atoms with van der Waals surface area (Å²) in [5, 5.41) is 11.7. The highest BCUT2D eigenvalue weighted by atomic mass is 16.4. The molecule has 0 aromatic heterocycles. The second-order valence-electron chi connectivity index (χ2n) is 4.50. The molecule has 0 aliphatic heterocycles. The van der Waals surface area contributed by atoms with E-state index >= 15 is 0 Å². The maximum Gasteiger partial charge on any atom is 0.323 e. The van der Waals surface area contributed by atoms with Gasteiger partial charge in [-0.15, -0.1) is 0 Å². The molecule has 2 N–H and O–H groups in total. The SMILES string of the molecule is O=C(O)CN(CC(=O)Nc1ccccc1)c1ccccc1. The predicted molar refractivity (Wildman–Crippen MR) is 81.4 cm³/mol. The third-order valence-corrected chi connectivity index (χ3v) is 2.84. The number of nitrogens with one attached hydrogen (secondary N) is 1. The van der Waals surface area contributed by atoms with Crippen molar-refractivity contribution in [1.29, 1.82) is 0 Å². The molecule has 0 spiro atoms. The number of amides is 1. The molecule has 2 rings (SSSR count). The van der Waals surface area contributed by atoms with E-state index in [-0.39, 0.29) is 19.0 Å². The van der Waals surface area contributed by atoms with Crippen LogP contribution in [0.4, 0.5) is 11.4 Å². The topological polar surface area (TPSA) is 69.6 Å². The summed E-state index contributed by atoms with van der Waals surface area (Å²) in [6, 6.07) is 18.1. The van der Waals surface area contributed by atoms with Crippen LogP contribution in [0.5, 0.6) is 0 Å². The summed E-state index contributed by atoms with van der Waals surface area (Å²) < 4.78 is 0. The number of benzene rings is 2. The molecular weight excluding hydrogens is 268 g/mol. The Morgan fingerprint density at radius 2 is 1.48 bits per heavy atom. The van der Waals surface area contributed by atoms with Crippen molar-refractivity contribution in [2.75, 3.05) is 23.3 Å². The Morgan fingerprint density at radius 3 is 2.05 bits per heavy atom. The lowest BCUT2D eigenvalue weighted by atomic mass is 10.2.